The standard InChI is InChI=1S/C14H15N3O3/c1-2-17-11-5-4-9(13(19)16-6-3-7-16)8-10(11)15-12(18)14(17)20/h4-5,8H,2-3,6-7H2,1H3,(H,15,18). The molecule has 1 amide bonds. The average molecular weight is 273 g/mol. The van der Waals surface area contributed by atoms with E-state index in [2.05, 4.69) is 4.98 Å². The number of aryl methyl sites for hydroxylation is 1. The van der Waals surface area contributed by atoms with Gasteiger partial charge < -0.3 is 14.5 Å². The number of hydrogen-bond donors (Lipinski definition) is 1. The molecule has 6 heteroatoms. The number of aromatic amines is 1. The summed E-state index contributed by atoms with van der Waals surface area (Å²) >= 11 is 0. The van der Waals surface area contributed by atoms with Gasteiger partial charge >= 0.3 is 11.1 Å². The van der Waals surface area contributed by atoms with Crippen molar-refractivity contribution in [2.75, 3.05) is 13.1 Å². The molecule has 104 valence electrons. The summed E-state index contributed by atoms with van der Waals surface area (Å²) in [4.78, 5) is 39.8. The molecule has 2 heterocycles. The number of rotatable bonds is 2. The molecule has 6 nitrogen and oxygen atoms in total. The number of fused-ring (bicyclic) bond motifs is 1. The molecule has 0 bridgehead atoms. The highest BCUT2D eigenvalue weighted by atomic mass is 16.2. The van der Waals surface area contributed by atoms with E-state index in [1.165, 1.54) is 4.57 Å². The summed E-state index contributed by atoms with van der Waals surface area (Å²) < 4.78 is 1.41. The predicted octanol–water partition coefficient (Wildman–Crippen LogP) is 0.556. The van der Waals surface area contributed by atoms with Crippen LogP contribution >= 0.6 is 0 Å². The van der Waals surface area contributed by atoms with Crippen LogP contribution in [0.2, 0.25) is 0 Å². The Kier molecular flexibility index (Phi) is 2.93. The summed E-state index contributed by atoms with van der Waals surface area (Å²) in [5, 5.41) is 0. The minimum atomic E-state index is -0.659. The smallest absolute Gasteiger partial charge is 0.316 e. The second kappa shape index (κ2) is 4.63. The topological polar surface area (TPSA) is 75.2 Å². The maximum atomic E-state index is 12.1. The number of likely N-dealkylation sites (tertiary alicyclic amines) is 1. The molecule has 2 aromatic rings. The summed E-state index contributed by atoms with van der Waals surface area (Å²) in [5.41, 5.74) is 0.462. The largest absolute Gasteiger partial charge is 0.339 e. The number of H-pyrrole nitrogens is 1. The quantitative estimate of drug-likeness (QED) is 0.812. The maximum absolute atomic E-state index is 12.1. The van der Waals surface area contributed by atoms with Crippen LogP contribution in [-0.2, 0) is 6.54 Å². The highest BCUT2D eigenvalue weighted by Gasteiger charge is 2.22. The van der Waals surface area contributed by atoms with Crippen molar-refractivity contribution in [1.29, 1.82) is 0 Å². The zero-order valence-electron chi connectivity index (χ0n) is 11.2. The molecule has 1 aliphatic heterocycles. The summed E-state index contributed by atoms with van der Waals surface area (Å²) in [6.07, 6.45) is 1.03. The molecular formula is C14H15N3O3. The first kappa shape index (κ1) is 12.7. The Balaban J connectivity index is 2.16. The fourth-order valence-corrected chi connectivity index (χ4v) is 2.43. The van der Waals surface area contributed by atoms with E-state index in [1.54, 1.807) is 30.0 Å². The Morgan fingerprint density at radius 1 is 1.30 bits per heavy atom. The Bertz CT molecular complexity index is 799. The number of carbonyl (C=O) groups excluding carboxylic acids is 1. The van der Waals surface area contributed by atoms with Gasteiger partial charge in [-0.1, -0.05) is 0 Å². The van der Waals surface area contributed by atoms with Gasteiger partial charge in [0.05, 0.1) is 11.0 Å². The van der Waals surface area contributed by atoms with Crippen molar-refractivity contribution in [2.45, 2.75) is 19.9 Å². The molecule has 1 N–H and O–H groups in total. The van der Waals surface area contributed by atoms with Crippen molar-refractivity contribution in [2.24, 2.45) is 0 Å². The lowest BCUT2D eigenvalue weighted by Gasteiger charge is -2.30. The summed E-state index contributed by atoms with van der Waals surface area (Å²) in [6, 6.07) is 5.05. The van der Waals surface area contributed by atoms with Gasteiger partial charge in [-0.3, -0.25) is 14.4 Å². The van der Waals surface area contributed by atoms with Gasteiger partial charge in [-0.15, -0.1) is 0 Å². The van der Waals surface area contributed by atoms with Gasteiger partial charge in [-0.25, -0.2) is 0 Å². The highest BCUT2D eigenvalue weighted by molar-refractivity contribution is 5.97. The van der Waals surface area contributed by atoms with Gasteiger partial charge in [0, 0.05) is 25.2 Å². The van der Waals surface area contributed by atoms with Crippen LogP contribution < -0.4 is 11.1 Å². The average Bonchev–Trinajstić information content (AvgIpc) is 2.37. The lowest BCUT2D eigenvalue weighted by Crippen LogP contribution is -2.42. The number of amides is 1. The molecule has 0 unspecified atom stereocenters. The molecule has 1 fully saturated rings. The van der Waals surface area contributed by atoms with Gasteiger partial charge in [0.1, 0.15) is 0 Å². The molecule has 1 aromatic heterocycles. The minimum Gasteiger partial charge on any atom is -0.339 e. The number of nitrogens with zero attached hydrogens (tertiary/aromatic N) is 2. The monoisotopic (exact) mass is 273 g/mol. The Morgan fingerprint density at radius 2 is 2.05 bits per heavy atom. The molecule has 1 aliphatic rings. The van der Waals surface area contributed by atoms with Crippen molar-refractivity contribution in [3.8, 4) is 0 Å². The van der Waals surface area contributed by atoms with E-state index in [0.717, 1.165) is 19.5 Å². The van der Waals surface area contributed by atoms with Crippen molar-refractivity contribution in [1.82, 2.24) is 14.5 Å². The van der Waals surface area contributed by atoms with Gasteiger partial charge in [0.25, 0.3) is 5.91 Å². The third-order valence-electron chi connectivity index (χ3n) is 3.68. The van der Waals surface area contributed by atoms with Crippen LogP contribution in [0.25, 0.3) is 11.0 Å². The van der Waals surface area contributed by atoms with E-state index < -0.39 is 11.1 Å². The lowest BCUT2D eigenvalue weighted by atomic mass is 10.1. The van der Waals surface area contributed by atoms with Gasteiger partial charge in [0.15, 0.2) is 0 Å². The first-order chi connectivity index (χ1) is 9.61. The predicted molar refractivity (Wildman–Crippen MR) is 75.0 cm³/mol. The number of carbonyl (C=O) groups is 1. The van der Waals surface area contributed by atoms with Crippen LogP contribution in [0.1, 0.15) is 23.7 Å². The molecule has 1 aromatic carbocycles. The van der Waals surface area contributed by atoms with Gasteiger partial charge in [0.2, 0.25) is 0 Å². The molecule has 0 aliphatic carbocycles. The van der Waals surface area contributed by atoms with E-state index in [9.17, 15) is 14.4 Å². The van der Waals surface area contributed by atoms with E-state index >= 15 is 0 Å². The van der Waals surface area contributed by atoms with E-state index in [-0.39, 0.29) is 5.91 Å². The summed E-state index contributed by atoms with van der Waals surface area (Å²) in [5.74, 6) is -0.0340. The molecule has 1 saturated heterocycles. The van der Waals surface area contributed by atoms with E-state index in [4.69, 9.17) is 0 Å². The second-order valence-electron chi connectivity index (χ2n) is 4.88. The first-order valence-electron chi connectivity index (χ1n) is 6.68. The number of nitrogens with one attached hydrogen (secondary N) is 1. The Morgan fingerprint density at radius 3 is 2.65 bits per heavy atom. The number of aromatic nitrogens is 2. The van der Waals surface area contributed by atoms with Crippen LogP contribution in [0.5, 0.6) is 0 Å². The maximum Gasteiger partial charge on any atom is 0.316 e. The van der Waals surface area contributed by atoms with E-state index in [0.29, 0.717) is 23.1 Å². The van der Waals surface area contributed by atoms with Gasteiger partial charge in [-0.2, -0.15) is 0 Å². The third kappa shape index (κ3) is 1.84. The number of hydrogen-bond acceptors (Lipinski definition) is 3. The molecule has 0 spiro atoms. The minimum absolute atomic E-state index is 0.0340. The molecule has 0 saturated carbocycles. The van der Waals surface area contributed by atoms with Crippen LogP contribution in [0.4, 0.5) is 0 Å². The SMILES string of the molecule is CCn1c(=O)c(=O)[nH]c2cc(C(=O)N3CCC3)ccc21. The lowest BCUT2D eigenvalue weighted by molar-refractivity contribution is 0.0652. The second-order valence-corrected chi connectivity index (χ2v) is 4.88. The Labute approximate surface area is 114 Å². The van der Waals surface area contributed by atoms with Crippen molar-refractivity contribution >= 4 is 16.9 Å². The zero-order valence-corrected chi connectivity index (χ0v) is 11.2. The highest BCUT2D eigenvalue weighted by Crippen LogP contribution is 2.16. The molecule has 0 atom stereocenters. The van der Waals surface area contributed by atoms with E-state index in [1.807, 2.05) is 0 Å². The van der Waals surface area contributed by atoms with Crippen LogP contribution in [0.15, 0.2) is 27.8 Å². The third-order valence-corrected chi connectivity index (χ3v) is 3.68. The fraction of sp³-hybridized carbons (Fsp3) is 0.357. The van der Waals surface area contributed by atoms with Crippen molar-refractivity contribution < 1.29 is 4.79 Å². The van der Waals surface area contributed by atoms with Gasteiger partial charge in [-0.05, 0) is 31.5 Å². The molecule has 3 rings (SSSR count). The van der Waals surface area contributed by atoms with Crippen molar-refractivity contribution in [3.63, 3.8) is 0 Å². The van der Waals surface area contributed by atoms with Crippen molar-refractivity contribution in [3.05, 3.63) is 44.5 Å². The normalized spacial score (nSPS) is 14.3. The number of benzene rings is 1. The summed E-state index contributed by atoms with van der Waals surface area (Å²) in [6.45, 7) is 3.78. The fourth-order valence-electron chi connectivity index (χ4n) is 2.43. The Hall–Kier alpha value is -2.37. The molecule has 0 radical (unpaired) electrons. The summed E-state index contributed by atoms with van der Waals surface area (Å²) in [7, 11) is 0. The van der Waals surface area contributed by atoms with Crippen LogP contribution in [-0.4, -0.2) is 33.4 Å². The van der Waals surface area contributed by atoms with Crippen LogP contribution in [0, 0.1) is 0 Å². The zero-order chi connectivity index (χ0) is 14.3. The van der Waals surface area contributed by atoms with Crippen LogP contribution in [0.3, 0.4) is 0 Å². The molecule has 20 heavy (non-hydrogen) atoms. The first-order valence-corrected chi connectivity index (χ1v) is 6.68. The molecular weight excluding hydrogens is 258 g/mol.